The smallest absolute Gasteiger partial charge is 0.106 e. The largest absolute Gasteiger partial charge is 0.307 e. The van der Waals surface area contributed by atoms with Gasteiger partial charge >= 0.3 is 0 Å². The first kappa shape index (κ1) is 15.2. The second kappa shape index (κ2) is 9.39. The van der Waals surface area contributed by atoms with E-state index >= 15 is 0 Å². The fraction of sp³-hybridized carbons (Fsp3) is 0. The molecule has 0 saturated heterocycles. The normalized spacial score (nSPS) is 8.25. The van der Waals surface area contributed by atoms with E-state index in [4.69, 9.17) is 4.79 Å². The van der Waals surface area contributed by atoms with E-state index in [1.54, 1.807) is 0 Å². The minimum atomic E-state index is 0. The number of benzene rings is 2. The molecule has 2 aromatic carbocycles. The fourth-order valence-electron chi connectivity index (χ4n) is 1.21. The van der Waals surface area contributed by atoms with Crippen molar-refractivity contribution in [3.8, 4) is 0 Å². The molecule has 0 N–H and O–H groups in total. The van der Waals surface area contributed by atoms with Gasteiger partial charge in [-0.25, -0.2) is 0 Å². The average molecular weight is 317 g/mol. The summed E-state index contributed by atoms with van der Waals surface area (Å²) in [4.78, 5) is 8.00. The van der Waals surface area contributed by atoms with Gasteiger partial charge in [0.1, 0.15) is 6.79 Å². The topological polar surface area (TPSA) is 17.1 Å². The molecule has 2 aromatic rings. The number of carbonyl (C=O) groups excluding carboxylic acids is 1. The quantitative estimate of drug-likeness (QED) is 0.613. The predicted octanol–water partition coefficient (Wildman–Crippen LogP) is 2.13. The second-order valence-corrected chi connectivity index (χ2v) is 4.26. The van der Waals surface area contributed by atoms with Gasteiger partial charge in [0.25, 0.3) is 0 Å². The summed E-state index contributed by atoms with van der Waals surface area (Å²) in [5.41, 5.74) is 0. The van der Waals surface area contributed by atoms with E-state index in [1.165, 1.54) is 10.6 Å². The zero-order chi connectivity index (χ0) is 10.9. The van der Waals surface area contributed by atoms with Gasteiger partial charge in [0, 0.05) is 19.5 Å². The zero-order valence-electron chi connectivity index (χ0n) is 8.74. The summed E-state index contributed by atoms with van der Waals surface area (Å²) in [5.74, 6) is 0. The van der Waals surface area contributed by atoms with Crippen LogP contribution in [0.15, 0.2) is 60.7 Å². The third kappa shape index (κ3) is 5.30. The zero-order valence-corrected chi connectivity index (χ0v) is 11.5. The Hall–Kier alpha value is -0.837. The van der Waals surface area contributed by atoms with Gasteiger partial charge in [-0.15, -0.1) is 0 Å². The second-order valence-electron chi connectivity index (χ2n) is 2.86. The van der Waals surface area contributed by atoms with Crippen LogP contribution in [0, 0.1) is 0 Å². The van der Waals surface area contributed by atoms with Crippen molar-refractivity contribution in [2.24, 2.45) is 0 Å². The molecule has 84 valence electrons. The fourth-order valence-corrected chi connectivity index (χ4v) is 2.26. The molecule has 0 bridgehead atoms. The molecule has 0 heterocycles. The molecule has 1 nitrogen and oxygen atoms in total. The first-order valence-electron chi connectivity index (χ1n) is 4.61. The molecule has 0 atom stereocenters. The van der Waals surface area contributed by atoms with Crippen molar-refractivity contribution in [1.82, 2.24) is 0 Å². The molecule has 16 heavy (non-hydrogen) atoms. The van der Waals surface area contributed by atoms with Crippen molar-refractivity contribution in [1.29, 1.82) is 0 Å². The van der Waals surface area contributed by atoms with Crippen molar-refractivity contribution in [3.63, 3.8) is 0 Å². The van der Waals surface area contributed by atoms with Crippen LogP contribution in [0.4, 0.5) is 0 Å². The monoisotopic (exact) mass is 318 g/mol. The van der Waals surface area contributed by atoms with Crippen LogP contribution in [0.5, 0.6) is 0 Å². The van der Waals surface area contributed by atoms with Gasteiger partial charge in [-0.3, -0.25) is 0 Å². The number of carbonyl (C=O) groups is 1. The Bertz CT molecular complexity index is 340. The van der Waals surface area contributed by atoms with E-state index in [1.807, 2.05) is 6.79 Å². The van der Waals surface area contributed by atoms with E-state index in [0.717, 1.165) is 8.58 Å². The van der Waals surface area contributed by atoms with Crippen LogP contribution in [-0.4, -0.2) is 6.79 Å². The van der Waals surface area contributed by atoms with Gasteiger partial charge in [0.2, 0.25) is 0 Å². The van der Waals surface area contributed by atoms with Crippen molar-refractivity contribution in [2.45, 2.75) is 0 Å². The van der Waals surface area contributed by atoms with Gasteiger partial charge in [-0.1, -0.05) is 69.2 Å². The molecule has 0 aliphatic heterocycles. The minimum absolute atomic E-state index is 0. The maximum absolute atomic E-state index is 8.00. The first-order valence-corrected chi connectivity index (χ1v) is 5.61. The average Bonchev–Trinajstić information content (AvgIpc) is 2.34. The minimum Gasteiger partial charge on any atom is -0.307 e. The number of hydrogen-bond donors (Lipinski definition) is 0. The number of hydrogen-bond acceptors (Lipinski definition) is 1. The van der Waals surface area contributed by atoms with Crippen LogP contribution in [-0.2, 0) is 24.3 Å². The molecule has 2 rings (SSSR count). The van der Waals surface area contributed by atoms with Crippen molar-refractivity contribution < 1.29 is 24.3 Å². The summed E-state index contributed by atoms with van der Waals surface area (Å²) in [6.45, 7) is 2.00. The molecule has 0 amide bonds. The first-order chi connectivity index (χ1) is 7.45. The van der Waals surface area contributed by atoms with Crippen LogP contribution < -0.4 is 10.6 Å². The predicted molar refractivity (Wildman–Crippen MR) is 67.6 cm³/mol. The van der Waals surface area contributed by atoms with Gasteiger partial charge in [-0.2, -0.15) is 0 Å². The molecular weight excluding hydrogens is 304 g/mol. The Balaban J connectivity index is 0.000000711. The van der Waals surface area contributed by atoms with E-state index < -0.39 is 0 Å². The Morgan fingerprint density at radius 3 is 1.31 bits per heavy atom. The van der Waals surface area contributed by atoms with E-state index in [9.17, 15) is 0 Å². The van der Waals surface area contributed by atoms with Crippen LogP contribution in [0.25, 0.3) is 0 Å². The van der Waals surface area contributed by atoms with Crippen LogP contribution in [0.3, 0.4) is 0 Å². The van der Waals surface area contributed by atoms with Gasteiger partial charge in [0.15, 0.2) is 0 Å². The van der Waals surface area contributed by atoms with Crippen LogP contribution in [0.2, 0.25) is 0 Å². The molecule has 3 heteroatoms. The van der Waals surface area contributed by atoms with Crippen molar-refractivity contribution in [3.05, 3.63) is 60.7 Å². The Labute approximate surface area is 111 Å². The molecule has 0 fully saturated rings. The summed E-state index contributed by atoms with van der Waals surface area (Å²) in [7, 11) is 0.777. The molecule has 0 unspecified atom stereocenters. The van der Waals surface area contributed by atoms with E-state index in [0.29, 0.717) is 0 Å². The standard InChI is InChI=1S/C12H11P.CH2O.Ru/c1-3-7-11(8-4-1)13-12-9-5-2-6-10-12;1-2;/h1-10,13H;1H2;. The van der Waals surface area contributed by atoms with Crippen LogP contribution >= 0.6 is 8.58 Å². The summed E-state index contributed by atoms with van der Waals surface area (Å²) < 4.78 is 0. The SMILES string of the molecule is C=O.[Ru].c1ccc(Pc2ccccc2)cc1. The summed E-state index contributed by atoms with van der Waals surface area (Å²) in [6, 6.07) is 21.2. The number of rotatable bonds is 2. The molecular formula is C13H13OPRu. The Kier molecular flexibility index (Phi) is 8.90. The molecule has 0 aromatic heterocycles. The maximum Gasteiger partial charge on any atom is 0.106 e. The molecule has 0 spiro atoms. The van der Waals surface area contributed by atoms with Gasteiger partial charge in [-0.05, 0) is 10.6 Å². The van der Waals surface area contributed by atoms with Gasteiger partial charge in [0.05, 0.1) is 0 Å². The van der Waals surface area contributed by atoms with Crippen molar-refractivity contribution in [2.75, 3.05) is 0 Å². The maximum atomic E-state index is 8.00. The van der Waals surface area contributed by atoms with Gasteiger partial charge < -0.3 is 4.79 Å². The Morgan fingerprint density at radius 2 is 1.00 bits per heavy atom. The molecule has 0 radical (unpaired) electrons. The third-order valence-corrected chi connectivity index (χ3v) is 3.08. The summed E-state index contributed by atoms with van der Waals surface area (Å²) in [5, 5.41) is 2.79. The Morgan fingerprint density at radius 1 is 0.688 bits per heavy atom. The van der Waals surface area contributed by atoms with Crippen molar-refractivity contribution >= 4 is 26.0 Å². The summed E-state index contributed by atoms with van der Waals surface area (Å²) >= 11 is 0. The van der Waals surface area contributed by atoms with E-state index in [-0.39, 0.29) is 19.5 Å². The van der Waals surface area contributed by atoms with E-state index in [2.05, 4.69) is 60.7 Å². The van der Waals surface area contributed by atoms with Crippen LogP contribution in [0.1, 0.15) is 0 Å². The molecule has 0 aliphatic carbocycles. The molecule has 0 aliphatic rings. The molecule has 0 saturated carbocycles. The third-order valence-electron chi connectivity index (χ3n) is 1.84. The summed E-state index contributed by atoms with van der Waals surface area (Å²) in [6.07, 6.45) is 0.